The molecule has 0 saturated carbocycles. The van der Waals surface area contributed by atoms with Crippen molar-refractivity contribution in [2.24, 2.45) is 0 Å². The van der Waals surface area contributed by atoms with E-state index in [9.17, 15) is 4.39 Å². The van der Waals surface area contributed by atoms with Crippen molar-refractivity contribution in [1.29, 1.82) is 0 Å². The van der Waals surface area contributed by atoms with Crippen molar-refractivity contribution >= 4 is 5.69 Å². The zero-order chi connectivity index (χ0) is 13.1. The molecular weight excluding hydrogens is 241 g/mol. The van der Waals surface area contributed by atoms with Crippen LogP contribution in [0.3, 0.4) is 0 Å². The van der Waals surface area contributed by atoms with Crippen LogP contribution in [0, 0.1) is 5.82 Å². The zero-order valence-electron chi connectivity index (χ0n) is 11.4. The third-order valence-electron chi connectivity index (χ3n) is 4.09. The molecule has 1 N–H and O–H groups in total. The number of rotatable bonds is 3. The van der Waals surface area contributed by atoms with Crippen LogP contribution in [0.2, 0.25) is 0 Å². The Morgan fingerprint density at radius 1 is 1.05 bits per heavy atom. The van der Waals surface area contributed by atoms with Crippen molar-refractivity contribution in [1.82, 2.24) is 10.2 Å². The summed E-state index contributed by atoms with van der Waals surface area (Å²) in [6.07, 6.45) is 2.51. The molecule has 2 aliphatic rings. The Labute approximate surface area is 114 Å². The molecule has 0 radical (unpaired) electrons. The molecule has 19 heavy (non-hydrogen) atoms. The van der Waals surface area contributed by atoms with Crippen molar-refractivity contribution in [3.63, 3.8) is 0 Å². The van der Waals surface area contributed by atoms with Crippen molar-refractivity contribution < 1.29 is 4.39 Å². The quantitative estimate of drug-likeness (QED) is 0.897. The van der Waals surface area contributed by atoms with E-state index in [-0.39, 0.29) is 5.82 Å². The first kappa shape index (κ1) is 12.9. The van der Waals surface area contributed by atoms with Crippen LogP contribution in [0.4, 0.5) is 10.1 Å². The van der Waals surface area contributed by atoms with Gasteiger partial charge in [-0.2, -0.15) is 0 Å². The van der Waals surface area contributed by atoms with Crippen LogP contribution < -0.4 is 10.2 Å². The van der Waals surface area contributed by atoms with Gasteiger partial charge in [-0.15, -0.1) is 0 Å². The van der Waals surface area contributed by atoms with E-state index in [1.807, 2.05) is 6.07 Å². The van der Waals surface area contributed by atoms with Gasteiger partial charge in [0.2, 0.25) is 0 Å². The number of halogens is 1. The average molecular weight is 263 g/mol. The predicted molar refractivity (Wildman–Crippen MR) is 76.0 cm³/mol. The van der Waals surface area contributed by atoms with Crippen LogP contribution in [0.15, 0.2) is 18.2 Å². The largest absolute Gasteiger partial charge is 0.371 e. The first-order valence-corrected chi connectivity index (χ1v) is 7.29. The summed E-state index contributed by atoms with van der Waals surface area (Å²) < 4.78 is 13.5. The van der Waals surface area contributed by atoms with Gasteiger partial charge >= 0.3 is 0 Å². The van der Waals surface area contributed by atoms with Gasteiger partial charge in [0.1, 0.15) is 5.82 Å². The molecule has 0 atom stereocenters. The predicted octanol–water partition coefficient (Wildman–Crippen LogP) is 1.83. The van der Waals surface area contributed by atoms with Crippen LogP contribution in [-0.2, 0) is 6.54 Å². The Balaban J connectivity index is 1.79. The van der Waals surface area contributed by atoms with Gasteiger partial charge in [-0.25, -0.2) is 4.39 Å². The molecule has 2 fully saturated rings. The number of piperazine rings is 1. The Morgan fingerprint density at radius 3 is 2.53 bits per heavy atom. The molecule has 4 heteroatoms. The summed E-state index contributed by atoms with van der Waals surface area (Å²) >= 11 is 0. The van der Waals surface area contributed by atoms with Gasteiger partial charge < -0.3 is 10.2 Å². The Bertz CT molecular complexity index is 423. The van der Waals surface area contributed by atoms with E-state index in [2.05, 4.69) is 15.1 Å². The smallest absolute Gasteiger partial charge is 0.123 e. The second-order valence-corrected chi connectivity index (χ2v) is 5.49. The number of nitrogens with one attached hydrogen (secondary N) is 1. The van der Waals surface area contributed by atoms with Gasteiger partial charge in [-0.05, 0) is 36.6 Å². The van der Waals surface area contributed by atoms with Crippen molar-refractivity contribution in [3.05, 3.63) is 29.6 Å². The number of anilines is 1. The highest BCUT2D eigenvalue weighted by molar-refractivity contribution is 5.54. The topological polar surface area (TPSA) is 18.5 Å². The molecule has 3 nitrogen and oxygen atoms in total. The first-order valence-electron chi connectivity index (χ1n) is 7.29. The van der Waals surface area contributed by atoms with E-state index in [0.29, 0.717) is 0 Å². The summed E-state index contributed by atoms with van der Waals surface area (Å²) in [7, 11) is 0. The van der Waals surface area contributed by atoms with E-state index < -0.39 is 0 Å². The summed E-state index contributed by atoms with van der Waals surface area (Å²) in [4.78, 5) is 4.81. The van der Waals surface area contributed by atoms with Gasteiger partial charge in [0.05, 0.1) is 0 Å². The van der Waals surface area contributed by atoms with Gasteiger partial charge in [-0.1, -0.05) is 0 Å². The summed E-state index contributed by atoms with van der Waals surface area (Å²) in [5.74, 6) is -0.118. The Kier molecular flexibility index (Phi) is 3.99. The molecular formula is C15H22FN3. The molecule has 0 aromatic heterocycles. The third-order valence-corrected chi connectivity index (χ3v) is 4.09. The van der Waals surface area contributed by atoms with Crippen molar-refractivity contribution in [2.75, 3.05) is 44.2 Å². The highest BCUT2D eigenvalue weighted by atomic mass is 19.1. The Hall–Kier alpha value is -1.13. The molecule has 2 aliphatic heterocycles. The SMILES string of the molecule is Fc1ccc(N2CCCC2)c(CN2CCNCC2)c1. The maximum Gasteiger partial charge on any atom is 0.123 e. The number of hydrogen-bond acceptors (Lipinski definition) is 3. The van der Waals surface area contributed by atoms with Gasteiger partial charge in [-0.3, -0.25) is 4.90 Å². The van der Waals surface area contributed by atoms with Crippen LogP contribution in [0.5, 0.6) is 0 Å². The van der Waals surface area contributed by atoms with E-state index in [0.717, 1.165) is 51.4 Å². The summed E-state index contributed by atoms with van der Waals surface area (Å²) in [6.45, 7) is 7.26. The molecule has 0 amide bonds. The molecule has 0 unspecified atom stereocenters. The lowest BCUT2D eigenvalue weighted by Crippen LogP contribution is -2.43. The van der Waals surface area contributed by atoms with Crippen LogP contribution in [0.1, 0.15) is 18.4 Å². The minimum absolute atomic E-state index is 0.118. The third kappa shape index (κ3) is 3.07. The van der Waals surface area contributed by atoms with Gasteiger partial charge in [0, 0.05) is 51.5 Å². The molecule has 1 aromatic rings. The monoisotopic (exact) mass is 263 g/mol. The maximum atomic E-state index is 13.5. The molecule has 0 bridgehead atoms. The summed E-state index contributed by atoms with van der Waals surface area (Å²) in [5, 5.41) is 3.36. The molecule has 104 valence electrons. The standard InChI is InChI=1S/C15H22FN3/c16-14-3-4-15(19-7-1-2-8-19)13(11-14)12-18-9-5-17-6-10-18/h3-4,11,17H,1-2,5-10,12H2. The van der Waals surface area contributed by atoms with Crippen LogP contribution in [0.25, 0.3) is 0 Å². The van der Waals surface area contributed by atoms with E-state index in [1.54, 1.807) is 12.1 Å². The lowest BCUT2D eigenvalue weighted by Gasteiger charge is -2.29. The normalized spacial score (nSPS) is 21.0. The second kappa shape index (κ2) is 5.88. The number of nitrogens with zero attached hydrogens (tertiary/aromatic N) is 2. The fourth-order valence-electron chi connectivity index (χ4n) is 3.06. The summed E-state index contributed by atoms with van der Waals surface area (Å²) in [5.41, 5.74) is 2.38. The van der Waals surface area contributed by atoms with Crippen molar-refractivity contribution in [2.45, 2.75) is 19.4 Å². The van der Waals surface area contributed by atoms with Crippen molar-refractivity contribution in [3.8, 4) is 0 Å². The number of benzene rings is 1. The highest BCUT2D eigenvalue weighted by Gasteiger charge is 2.18. The van der Waals surface area contributed by atoms with E-state index >= 15 is 0 Å². The first-order chi connectivity index (χ1) is 9.33. The number of hydrogen-bond donors (Lipinski definition) is 1. The molecule has 1 aromatic carbocycles. The van der Waals surface area contributed by atoms with Gasteiger partial charge in [0.25, 0.3) is 0 Å². The Morgan fingerprint density at radius 2 is 1.79 bits per heavy atom. The highest BCUT2D eigenvalue weighted by Crippen LogP contribution is 2.26. The minimum Gasteiger partial charge on any atom is -0.371 e. The molecule has 2 saturated heterocycles. The fourth-order valence-corrected chi connectivity index (χ4v) is 3.06. The lowest BCUT2D eigenvalue weighted by molar-refractivity contribution is 0.233. The summed E-state index contributed by atoms with van der Waals surface area (Å²) in [6, 6.07) is 5.27. The lowest BCUT2D eigenvalue weighted by atomic mass is 10.1. The second-order valence-electron chi connectivity index (χ2n) is 5.49. The van der Waals surface area contributed by atoms with Crippen LogP contribution in [-0.4, -0.2) is 44.2 Å². The van der Waals surface area contributed by atoms with Crippen LogP contribution >= 0.6 is 0 Å². The maximum absolute atomic E-state index is 13.5. The molecule has 0 spiro atoms. The minimum atomic E-state index is -0.118. The fraction of sp³-hybridized carbons (Fsp3) is 0.600. The molecule has 0 aliphatic carbocycles. The van der Waals surface area contributed by atoms with Gasteiger partial charge in [0.15, 0.2) is 0 Å². The zero-order valence-corrected chi connectivity index (χ0v) is 11.4. The molecule has 2 heterocycles. The van der Waals surface area contributed by atoms with E-state index in [1.165, 1.54) is 18.5 Å². The molecule has 3 rings (SSSR count). The average Bonchev–Trinajstić information content (AvgIpc) is 2.94. The van der Waals surface area contributed by atoms with E-state index in [4.69, 9.17) is 0 Å².